The molecule has 1 amide bonds. The van der Waals surface area contributed by atoms with Gasteiger partial charge >= 0.3 is 5.97 Å². The van der Waals surface area contributed by atoms with E-state index in [1.165, 1.54) is 36.7 Å². The molecule has 0 spiro atoms. The number of rotatable bonds is 11. The Hall–Kier alpha value is -6.03. The minimum atomic E-state index is -0.767. The molecule has 2 aliphatic rings. The molecule has 9 nitrogen and oxygen atoms in total. The van der Waals surface area contributed by atoms with Crippen LogP contribution in [-0.4, -0.2) is 58.9 Å². The number of nitrogens with one attached hydrogen (secondary N) is 2. The molecule has 1 unspecified atom stereocenters. The van der Waals surface area contributed by atoms with Crippen LogP contribution in [0.5, 0.6) is 0 Å². The van der Waals surface area contributed by atoms with E-state index < -0.39 is 17.7 Å². The molecule has 1 saturated heterocycles. The minimum Gasteiger partial charge on any atom is -0.457 e. The number of hydrogen-bond acceptors (Lipinski definition) is 7. The number of hydrogen-bond donors (Lipinski definition) is 2. The summed E-state index contributed by atoms with van der Waals surface area (Å²) in [5.41, 5.74) is 8.47. The quantitative estimate of drug-likeness (QED) is 0.105. The van der Waals surface area contributed by atoms with Gasteiger partial charge in [0, 0.05) is 54.5 Å². The van der Waals surface area contributed by atoms with Crippen LogP contribution in [-0.2, 0) is 25.6 Å². The number of carbonyl (C=O) groups excluding carboxylic acids is 2. The van der Waals surface area contributed by atoms with Gasteiger partial charge in [-0.15, -0.1) is 0 Å². The van der Waals surface area contributed by atoms with Crippen molar-refractivity contribution < 1.29 is 23.6 Å². The van der Waals surface area contributed by atoms with Gasteiger partial charge in [-0.05, 0) is 99.2 Å². The number of ether oxygens (including phenoxy) is 1. The number of carbonyl (C=O) groups is 2. The highest BCUT2D eigenvalue weighted by molar-refractivity contribution is 6.04. The summed E-state index contributed by atoms with van der Waals surface area (Å²) < 4.78 is 18.7. The molecule has 1 fully saturated rings. The highest BCUT2D eigenvalue weighted by atomic mass is 19.1. The third-order valence-electron chi connectivity index (χ3n) is 9.40. The summed E-state index contributed by atoms with van der Waals surface area (Å²) in [4.78, 5) is 41.6. The number of halogens is 1. The summed E-state index contributed by atoms with van der Waals surface area (Å²) in [5, 5.41) is 7.08. The van der Waals surface area contributed by atoms with Gasteiger partial charge in [-0.1, -0.05) is 65.8 Å². The highest BCUT2D eigenvalue weighted by Crippen LogP contribution is 2.35. The van der Waals surface area contributed by atoms with Crippen LogP contribution >= 0.6 is 0 Å². The molecule has 4 aromatic carbocycles. The van der Waals surface area contributed by atoms with Crippen LogP contribution in [0.2, 0.25) is 0 Å². The summed E-state index contributed by atoms with van der Waals surface area (Å²) >= 11 is 0. The van der Waals surface area contributed by atoms with Crippen molar-refractivity contribution in [3.05, 3.63) is 126 Å². The van der Waals surface area contributed by atoms with Crippen LogP contribution in [0.4, 0.5) is 10.1 Å². The van der Waals surface area contributed by atoms with Crippen molar-refractivity contribution >= 4 is 29.4 Å². The van der Waals surface area contributed by atoms with Gasteiger partial charge in [-0.25, -0.2) is 14.2 Å². The van der Waals surface area contributed by atoms with Gasteiger partial charge < -0.3 is 24.8 Å². The van der Waals surface area contributed by atoms with E-state index in [0.29, 0.717) is 25.1 Å². The first-order valence-corrected chi connectivity index (χ1v) is 18.4. The molecule has 5 aromatic rings. The standard InChI is InChI=1S/C44H44FN5O4/c1-44(2,3)53-43(52)38-28-37(49-54-38)31-13-15-33(16-14-31)41-40(47-42(48-41)34-17-21-36(22-18-34)50-26-4-5-27-50)32-11-6-29(7-12-32)10-23-39(51)46-25-24-30-8-19-35(45)20-9-30/h6-23,38H,4-5,24-28H2,1-3H3,(H,46,51)(H,47,48). The van der Waals surface area contributed by atoms with Gasteiger partial charge in [0.15, 0.2) is 0 Å². The predicted molar refractivity (Wildman–Crippen MR) is 210 cm³/mol. The smallest absolute Gasteiger partial charge is 0.351 e. The number of aromatic nitrogens is 2. The Bertz CT molecular complexity index is 2140. The molecule has 276 valence electrons. The molecule has 2 aliphatic heterocycles. The van der Waals surface area contributed by atoms with Gasteiger partial charge in [0.05, 0.1) is 17.1 Å². The molecule has 3 heterocycles. The molecule has 54 heavy (non-hydrogen) atoms. The Morgan fingerprint density at radius 3 is 2.22 bits per heavy atom. The number of H-pyrrole nitrogens is 1. The van der Waals surface area contributed by atoms with Crippen LogP contribution in [0, 0.1) is 5.82 Å². The maximum atomic E-state index is 13.2. The predicted octanol–water partition coefficient (Wildman–Crippen LogP) is 8.36. The van der Waals surface area contributed by atoms with E-state index in [0.717, 1.165) is 63.7 Å². The third kappa shape index (κ3) is 8.94. The summed E-state index contributed by atoms with van der Waals surface area (Å²) in [7, 11) is 0. The van der Waals surface area contributed by atoms with Gasteiger partial charge in [-0.3, -0.25) is 4.79 Å². The van der Waals surface area contributed by atoms with Crippen LogP contribution in [0.1, 0.15) is 56.7 Å². The Kier molecular flexibility index (Phi) is 10.7. The average molecular weight is 726 g/mol. The molecule has 0 radical (unpaired) electrons. The molecule has 10 heteroatoms. The zero-order valence-electron chi connectivity index (χ0n) is 30.8. The van der Waals surface area contributed by atoms with Crippen molar-refractivity contribution in [1.82, 2.24) is 15.3 Å². The van der Waals surface area contributed by atoms with E-state index in [1.54, 1.807) is 18.2 Å². The number of oxime groups is 1. The Morgan fingerprint density at radius 1 is 0.889 bits per heavy atom. The molecule has 2 N–H and O–H groups in total. The fourth-order valence-electron chi connectivity index (χ4n) is 6.57. The SMILES string of the molecule is CC(C)(C)OC(=O)C1CC(c2ccc(-c3nc(-c4ccc(N5CCCC5)cc4)[nH]c3-c3ccc(C=CC(=O)NCCc4ccc(F)cc4)cc3)cc2)=NO1. The molecule has 0 saturated carbocycles. The lowest BCUT2D eigenvalue weighted by Gasteiger charge is -2.20. The third-order valence-corrected chi connectivity index (χ3v) is 9.40. The highest BCUT2D eigenvalue weighted by Gasteiger charge is 2.33. The van der Waals surface area contributed by atoms with E-state index in [1.807, 2.05) is 69.3 Å². The number of anilines is 1. The van der Waals surface area contributed by atoms with Crippen LogP contribution in [0.15, 0.2) is 108 Å². The summed E-state index contributed by atoms with van der Waals surface area (Å²) in [6.07, 6.45) is 5.91. The molecule has 1 atom stereocenters. The minimum absolute atomic E-state index is 0.198. The molecule has 1 aromatic heterocycles. The first-order valence-electron chi connectivity index (χ1n) is 18.4. The number of imidazole rings is 1. The summed E-state index contributed by atoms with van der Waals surface area (Å²) in [6, 6.07) is 30.7. The number of nitrogens with zero attached hydrogens (tertiary/aromatic N) is 3. The monoisotopic (exact) mass is 725 g/mol. The zero-order chi connectivity index (χ0) is 37.7. The molecule has 0 bridgehead atoms. The lowest BCUT2D eigenvalue weighted by atomic mass is 10.00. The first-order chi connectivity index (χ1) is 26.1. The van der Waals surface area contributed by atoms with Gasteiger partial charge in [0.1, 0.15) is 17.2 Å². The lowest BCUT2D eigenvalue weighted by Crippen LogP contribution is -2.32. The van der Waals surface area contributed by atoms with Crippen molar-refractivity contribution in [1.29, 1.82) is 0 Å². The zero-order valence-corrected chi connectivity index (χ0v) is 30.8. The molecule has 0 aliphatic carbocycles. The van der Waals surface area contributed by atoms with Gasteiger partial charge in [0.2, 0.25) is 12.0 Å². The maximum Gasteiger partial charge on any atom is 0.351 e. The Labute approximate surface area is 314 Å². The van der Waals surface area contributed by atoms with Gasteiger partial charge in [0.25, 0.3) is 0 Å². The number of amides is 1. The van der Waals surface area contributed by atoms with Gasteiger partial charge in [-0.2, -0.15) is 0 Å². The van der Waals surface area contributed by atoms with Crippen LogP contribution in [0.3, 0.4) is 0 Å². The Morgan fingerprint density at radius 2 is 1.54 bits per heavy atom. The fraction of sp³-hybridized carbons (Fsp3) is 0.273. The van der Waals surface area contributed by atoms with E-state index in [4.69, 9.17) is 14.6 Å². The van der Waals surface area contributed by atoms with E-state index in [-0.39, 0.29) is 11.7 Å². The maximum absolute atomic E-state index is 13.2. The van der Waals surface area contributed by atoms with Crippen molar-refractivity contribution in [2.75, 3.05) is 24.5 Å². The van der Waals surface area contributed by atoms with E-state index in [2.05, 4.69) is 44.6 Å². The molecular weight excluding hydrogens is 682 g/mol. The first kappa shape index (κ1) is 36.3. The van der Waals surface area contributed by atoms with Crippen molar-refractivity contribution in [2.24, 2.45) is 5.16 Å². The number of esters is 1. The second-order valence-corrected chi connectivity index (χ2v) is 14.6. The average Bonchev–Trinajstić information content (AvgIpc) is 3.97. The Balaban J connectivity index is 1.09. The van der Waals surface area contributed by atoms with E-state index >= 15 is 0 Å². The number of benzene rings is 4. The van der Waals surface area contributed by atoms with Crippen molar-refractivity contribution in [3.8, 4) is 33.9 Å². The second kappa shape index (κ2) is 15.9. The van der Waals surface area contributed by atoms with Crippen LogP contribution < -0.4 is 10.2 Å². The second-order valence-electron chi connectivity index (χ2n) is 14.6. The topological polar surface area (TPSA) is 109 Å². The van der Waals surface area contributed by atoms with Crippen LogP contribution in [0.25, 0.3) is 40.0 Å². The summed E-state index contributed by atoms with van der Waals surface area (Å²) in [5.74, 6) is -0.146. The fourth-order valence-corrected chi connectivity index (χ4v) is 6.57. The largest absolute Gasteiger partial charge is 0.457 e. The number of aromatic amines is 1. The normalized spacial score (nSPS) is 15.7. The summed E-state index contributed by atoms with van der Waals surface area (Å²) in [6.45, 7) is 8.10. The van der Waals surface area contributed by atoms with Crippen molar-refractivity contribution in [3.63, 3.8) is 0 Å². The lowest BCUT2D eigenvalue weighted by molar-refractivity contribution is -0.166. The van der Waals surface area contributed by atoms with Crippen molar-refractivity contribution in [2.45, 2.75) is 58.2 Å². The molecular formula is C44H44FN5O4. The van der Waals surface area contributed by atoms with E-state index in [9.17, 15) is 14.0 Å². The molecule has 7 rings (SSSR count).